The van der Waals surface area contributed by atoms with Gasteiger partial charge in [0.1, 0.15) is 0 Å². The summed E-state index contributed by atoms with van der Waals surface area (Å²) in [4.78, 5) is 0. The second kappa shape index (κ2) is 5.70. The molecule has 0 aromatic heterocycles. The van der Waals surface area contributed by atoms with Crippen LogP contribution in [-0.2, 0) is 4.74 Å². The van der Waals surface area contributed by atoms with Gasteiger partial charge >= 0.3 is 0 Å². The molecular weight excluding hydrogens is 294 g/mol. The van der Waals surface area contributed by atoms with Crippen LogP contribution in [0.15, 0.2) is 22.7 Å². The number of aliphatic hydroxyl groups is 1. The highest BCUT2D eigenvalue weighted by Crippen LogP contribution is 2.42. The normalized spacial score (nSPS) is 26.0. The van der Waals surface area contributed by atoms with E-state index in [0.29, 0.717) is 13.2 Å². The highest BCUT2D eigenvalue weighted by molar-refractivity contribution is 9.10. The third-order valence-corrected chi connectivity index (χ3v) is 4.48. The Hall–Kier alpha value is -0.420. The Kier molecular flexibility index (Phi) is 4.43. The van der Waals surface area contributed by atoms with Crippen molar-refractivity contribution < 1.29 is 9.84 Å². The molecule has 2 rings (SSSR count). The maximum Gasteiger partial charge on any atom is 0.0891 e. The van der Waals surface area contributed by atoms with Crippen molar-refractivity contribution in [2.24, 2.45) is 11.1 Å². The molecule has 18 heavy (non-hydrogen) atoms. The lowest BCUT2D eigenvalue weighted by Crippen LogP contribution is -2.43. The van der Waals surface area contributed by atoms with Gasteiger partial charge in [0.2, 0.25) is 0 Å². The summed E-state index contributed by atoms with van der Waals surface area (Å²) in [6.45, 7) is 3.77. The number of ether oxygens (including phenoxy) is 1. The van der Waals surface area contributed by atoms with Crippen LogP contribution in [0.2, 0.25) is 0 Å². The Balaban J connectivity index is 2.30. The van der Waals surface area contributed by atoms with Crippen molar-refractivity contribution in [3.05, 3.63) is 33.8 Å². The first-order valence-corrected chi connectivity index (χ1v) is 7.10. The van der Waals surface area contributed by atoms with Crippen LogP contribution in [0.3, 0.4) is 0 Å². The molecule has 3 N–H and O–H groups in total. The predicted octanol–water partition coefficient (Wildman–Crippen LogP) is 2.55. The van der Waals surface area contributed by atoms with Gasteiger partial charge in [0.15, 0.2) is 0 Å². The number of benzene rings is 1. The van der Waals surface area contributed by atoms with Gasteiger partial charge in [-0.25, -0.2) is 0 Å². The molecule has 1 aliphatic heterocycles. The van der Waals surface area contributed by atoms with Crippen molar-refractivity contribution in [2.45, 2.75) is 25.9 Å². The van der Waals surface area contributed by atoms with Crippen LogP contribution in [-0.4, -0.2) is 24.9 Å². The van der Waals surface area contributed by atoms with Crippen molar-refractivity contribution in [3.8, 4) is 0 Å². The molecule has 0 spiro atoms. The quantitative estimate of drug-likeness (QED) is 0.901. The number of aliphatic hydroxyl groups excluding tert-OH is 1. The summed E-state index contributed by atoms with van der Waals surface area (Å²) in [5.41, 5.74) is 7.62. The van der Waals surface area contributed by atoms with Gasteiger partial charge in [0, 0.05) is 23.0 Å². The zero-order chi connectivity index (χ0) is 13.2. The van der Waals surface area contributed by atoms with E-state index in [2.05, 4.69) is 15.9 Å². The summed E-state index contributed by atoms with van der Waals surface area (Å²) in [6, 6.07) is 6.00. The third-order valence-electron chi connectivity index (χ3n) is 3.79. The van der Waals surface area contributed by atoms with Gasteiger partial charge in [-0.15, -0.1) is 0 Å². The maximum atomic E-state index is 10.7. The number of rotatable bonds is 3. The topological polar surface area (TPSA) is 55.5 Å². The van der Waals surface area contributed by atoms with Gasteiger partial charge in [0.05, 0.1) is 12.7 Å². The fraction of sp³-hybridized carbons (Fsp3) is 0.571. The molecule has 0 amide bonds. The average molecular weight is 314 g/mol. The molecule has 1 aromatic rings. The highest BCUT2D eigenvalue weighted by Gasteiger charge is 2.40. The molecule has 2 atom stereocenters. The molecule has 3 nitrogen and oxygen atoms in total. The maximum absolute atomic E-state index is 10.7. The molecule has 1 heterocycles. The van der Waals surface area contributed by atoms with Crippen molar-refractivity contribution in [2.75, 3.05) is 19.8 Å². The van der Waals surface area contributed by atoms with E-state index < -0.39 is 6.10 Å². The Bertz CT molecular complexity index is 416. The van der Waals surface area contributed by atoms with Gasteiger partial charge in [-0.05, 0) is 37.0 Å². The summed E-state index contributed by atoms with van der Waals surface area (Å²) < 4.78 is 6.47. The highest BCUT2D eigenvalue weighted by atomic mass is 79.9. The molecule has 1 fully saturated rings. The lowest BCUT2D eigenvalue weighted by Gasteiger charge is -2.40. The van der Waals surface area contributed by atoms with Crippen LogP contribution in [0.5, 0.6) is 0 Å². The third kappa shape index (κ3) is 2.62. The van der Waals surface area contributed by atoms with E-state index in [4.69, 9.17) is 10.5 Å². The monoisotopic (exact) mass is 313 g/mol. The van der Waals surface area contributed by atoms with Crippen LogP contribution in [0.1, 0.15) is 30.1 Å². The molecule has 1 aliphatic rings. The van der Waals surface area contributed by atoms with Crippen molar-refractivity contribution in [3.63, 3.8) is 0 Å². The fourth-order valence-corrected chi connectivity index (χ4v) is 3.26. The molecule has 100 valence electrons. The van der Waals surface area contributed by atoms with E-state index in [1.807, 2.05) is 25.1 Å². The Labute approximate surface area is 116 Å². The molecule has 2 unspecified atom stereocenters. The second-order valence-corrected chi connectivity index (χ2v) is 6.00. The summed E-state index contributed by atoms with van der Waals surface area (Å²) in [5.74, 6) is 0. The SMILES string of the molecule is Cc1ccc(C(O)C2(CN)CCCOC2)c(Br)c1. The van der Waals surface area contributed by atoms with Crippen LogP contribution in [0.25, 0.3) is 0 Å². The molecule has 4 heteroatoms. The van der Waals surface area contributed by atoms with E-state index in [-0.39, 0.29) is 5.41 Å². The number of hydrogen-bond donors (Lipinski definition) is 2. The van der Waals surface area contributed by atoms with Crippen molar-refractivity contribution in [1.29, 1.82) is 0 Å². The largest absolute Gasteiger partial charge is 0.388 e. The predicted molar refractivity (Wildman–Crippen MR) is 75.4 cm³/mol. The minimum Gasteiger partial charge on any atom is -0.388 e. The second-order valence-electron chi connectivity index (χ2n) is 5.15. The first-order chi connectivity index (χ1) is 8.59. The number of nitrogens with two attached hydrogens (primary N) is 1. The zero-order valence-corrected chi connectivity index (χ0v) is 12.2. The van der Waals surface area contributed by atoms with Crippen molar-refractivity contribution in [1.82, 2.24) is 0 Å². The minimum absolute atomic E-state index is 0.351. The Morgan fingerprint density at radius 1 is 1.56 bits per heavy atom. The molecule has 0 aliphatic carbocycles. The van der Waals surface area contributed by atoms with E-state index >= 15 is 0 Å². The van der Waals surface area contributed by atoms with Gasteiger partial charge in [0.25, 0.3) is 0 Å². The van der Waals surface area contributed by atoms with Crippen LogP contribution in [0.4, 0.5) is 0 Å². The van der Waals surface area contributed by atoms with E-state index in [0.717, 1.165) is 29.5 Å². The number of halogens is 1. The summed E-state index contributed by atoms with van der Waals surface area (Å²) in [5, 5.41) is 10.7. The average Bonchev–Trinajstić information content (AvgIpc) is 2.39. The van der Waals surface area contributed by atoms with Gasteiger partial charge in [-0.1, -0.05) is 28.1 Å². The van der Waals surface area contributed by atoms with Crippen molar-refractivity contribution >= 4 is 15.9 Å². The molecule has 0 radical (unpaired) electrons. The van der Waals surface area contributed by atoms with Crippen LogP contribution < -0.4 is 5.73 Å². The molecule has 0 saturated carbocycles. The molecule has 1 aromatic carbocycles. The lowest BCUT2D eigenvalue weighted by molar-refractivity contribution is -0.0784. The molecule has 0 bridgehead atoms. The Morgan fingerprint density at radius 3 is 2.89 bits per heavy atom. The Morgan fingerprint density at radius 2 is 2.33 bits per heavy atom. The minimum atomic E-state index is -0.585. The van der Waals surface area contributed by atoms with Crippen LogP contribution in [0, 0.1) is 12.3 Å². The fourth-order valence-electron chi connectivity index (χ4n) is 2.55. The molecule has 1 saturated heterocycles. The van der Waals surface area contributed by atoms with E-state index in [1.54, 1.807) is 0 Å². The van der Waals surface area contributed by atoms with Gasteiger partial charge in [-0.2, -0.15) is 0 Å². The summed E-state index contributed by atoms with van der Waals surface area (Å²) >= 11 is 3.53. The zero-order valence-electron chi connectivity index (χ0n) is 10.7. The summed E-state index contributed by atoms with van der Waals surface area (Å²) in [6.07, 6.45) is 1.28. The molecular formula is C14H20BrNO2. The van der Waals surface area contributed by atoms with E-state index in [1.165, 1.54) is 5.56 Å². The van der Waals surface area contributed by atoms with Gasteiger partial charge < -0.3 is 15.6 Å². The number of hydrogen-bond acceptors (Lipinski definition) is 3. The standard InChI is InChI=1S/C14H20BrNO2/c1-10-3-4-11(12(15)7-10)13(17)14(8-16)5-2-6-18-9-14/h3-4,7,13,17H,2,5-6,8-9,16H2,1H3. The number of aryl methyl sites for hydroxylation is 1. The first kappa shape index (κ1) is 14.0. The van der Waals surface area contributed by atoms with Crippen LogP contribution >= 0.6 is 15.9 Å². The lowest BCUT2D eigenvalue weighted by atomic mass is 9.75. The smallest absolute Gasteiger partial charge is 0.0891 e. The summed E-state index contributed by atoms with van der Waals surface area (Å²) in [7, 11) is 0. The van der Waals surface area contributed by atoms with Gasteiger partial charge in [-0.3, -0.25) is 0 Å². The van der Waals surface area contributed by atoms with E-state index in [9.17, 15) is 5.11 Å². The first-order valence-electron chi connectivity index (χ1n) is 6.31.